The summed E-state index contributed by atoms with van der Waals surface area (Å²) in [7, 11) is 0. The Kier molecular flexibility index (Phi) is 4.14. The zero-order valence-electron chi connectivity index (χ0n) is 11.5. The van der Waals surface area contributed by atoms with Gasteiger partial charge >= 0.3 is 0 Å². The first kappa shape index (κ1) is 14.2. The summed E-state index contributed by atoms with van der Waals surface area (Å²) in [6.45, 7) is 5.12. The predicted octanol–water partition coefficient (Wildman–Crippen LogP) is 1.69. The van der Waals surface area contributed by atoms with Crippen LogP contribution in [0.15, 0.2) is 35.4 Å². The minimum absolute atomic E-state index is 0.0295. The molecule has 0 aromatic heterocycles. The maximum Gasteiger partial charge on any atom is 0.269 e. The third-order valence-electron chi connectivity index (χ3n) is 3.48. The molecule has 20 heavy (non-hydrogen) atoms. The standard InChI is InChI=1S/C14H17N3O3/c1-9(12-7-15-8-12)14(18)16-10(2)11-4-3-5-13(6-11)17(19)20/h3-6,10,15H,7-8H2,1-2H3,(H,16,18). The second-order valence-corrected chi connectivity index (χ2v) is 4.88. The average molecular weight is 275 g/mol. The van der Waals surface area contributed by atoms with Crippen LogP contribution < -0.4 is 10.6 Å². The first-order valence-corrected chi connectivity index (χ1v) is 6.43. The monoisotopic (exact) mass is 275 g/mol. The van der Waals surface area contributed by atoms with Gasteiger partial charge in [-0.3, -0.25) is 14.9 Å². The number of nitrogens with one attached hydrogen (secondary N) is 2. The number of rotatable bonds is 4. The fourth-order valence-electron chi connectivity index (χ4n) is 1.97. The largest absolute Gasteiger partial charge is 0.346 e. The van der Waals surface area contributed by atoms with Crippen molar-refractivity contribution in [3.63, 3.8) is 0 Å². The quantitative estimate of drug-likeness (QED) is 0.497. The van der Waals surface area contributed by atoms with Gasteiger partial charge in [-0.25, -0.2) is 0 Å². The molecule has 1 amide bonds. The van der Waals surface area contributed by atoms with E-state index in [1.807, 2.05) is 6.92 Å². The highest BCUT2D eigenvalue weighted by atomic mass is 16.6. The molecule has 1 atom stereocenters. The number of hydrogen-bond donors (Lipinski definition) is 2. The zero-order valence-corrected chi connectivity index (χ0v) is 11.5. The number of nitro groups is 1. The van der Waals surface area contributed by atoms with Crippen molar-refractivity contribution in [3.8, 4) is 0 Å². The highest BCUT2D eigenvalue weighted by Gasteiger charge is 2.18. The van der Waals surface area contributed by atoms with Crippen LogP contribution in [-0.2, 0) is 4.79 Å². The number of hydrogen-bond acceptors (Lipinski definition) is 4. The zero-order chi connectivity index (χ0) is 14.7. The van der Waals surface area contributed by atoms with E-state index in [1.54, 1.807) is 19.1 Å². The Morgan fingerprint density at radius 3 is 2.70 bits per heavy atom. The van der Waals surface area contributed by atoms with Crippen LogP contribution in [0.4, 0.5) is 5.69 Å². The molecule has 1 fully saturated rings. The van der Waals surface area contributed by atoms with Crippen molar-refractivity contribution in [3.05, 3.63) is 51.1 Å². The smallest absolute Gasteiger partial charge is 0.269 e. The summed E-state index contributed by atoms with van der Waals surface area (Å²) >= 11 is 0. The third-order valence-corrected chi connectivity index (χ3v) is 3.48. The van der Waals surface area contributed by atoms with E-state index >= 15 is 0 Å². The lowest BCUT2D eigenvalue weighted by molar-refractivity contribution is -0.384. The van der Waals surface area contributed by atoms with Crippen molar-refractivity contribution in [2.75, 3.05) is 13.1 Å². The van der Waals surface area contributed by atoms with Crippen LogP contribution in [0, 0.1) is 10.1 Å². The average Bonchev–Trinajstić information content (AvgIpc) is 2.36. The van der Waals surface area contributed by atoms with Crippen LogP contribution in [0.3, 0.4) is 0 Å². The van der Waals surface area contributed by atoms with Crippen molar-refractivity contribution >= 4 is 11.6 Å². The maximum absolute atomic E-state index is 12.0. The van der Waals surface area contributed by atoms with E-state index in [0.717, 1.165) is 29.8 Å². The van der Waals surface area contributed by atoms with Crippen molar-refractivity contribution < 1.29 is 9.72 Å². The molecule has 1 aromatic carbocycles. The fourth-order valence-corrected chi connectivity index (χ4v) is 1.97. The number of carbonyl (C=O) groups is 1. The van der Waals surface area contributed by atoms with Gasteiger partial charge in [-0.15, -0.1) is 0 Å². The summed E-state index contributed by atoms with van der Waals surface area (Å²) in [5.41, 5.74) is 2.58. The molecular weight excluding hydrogens is 258 g/mol. The molecule has 0 aliphatic carbocycles. The molecule has 1 unspecified atom stereocenters. The summed E-state index contributed by atoms with van der Waals surface area (Å²) in [6.07, 6.45) is 0. The van der Waals surface area contributed by atoms with Gasteiger partial charge in [0.2, 0.25) is 5.91 Å². The molecule has 0 spiro atoms. The van der Waals surface area contributed by atoms with Crippen molar-refractivity contribution in [2.24, 2.45) is 0 Å². The number of carbonyl (C=O) groups excluding carboxylic acids is 1. The van der Waals surface area contributed by atoms with Crippen LogP contribution in [0.1, 0.15) is 25.5 Å². The molecule has 1 heterocycles. The summed E-state index contributed by atoms with van der Waals surface area (Å²) in [4.78, 5) is 22.4. The van der Waals surface area contributed by atoms with E-state index in [9.17, 15) is 14.9 Å². The summed E-state index contributed by atoms with van der Waals surface area (Å²) < 4.78 is 0. The van der Waals surface area contributed by atoms with Crippen LogP contribution in [-0.4, -0.2) is 23.9 Å². The Morgan fingerprint density at radius 1 is 1.45 bits per heavy atom. The second-order valence-electron chi connectivity index (χ2n) is 4.88. The lowest BCUT2D eigenvalue weighted by atomic mass is 10.0. The van der Waals surface area contributed by atoms with Gasteiger partial charge in [0.25, 0.3) is 5.69 Å². The lowest BCUT2D eigenvalue weighted by Gasteiger charge is -2.22. The molecule has 2 rings (SSSR count). The summed E-state index contributed by atoms with van der Waals surface area (Å²) in [5.74, 6) is -0.125. The van der Waals surface area contributed by atoms with E-state index < -0.39 is 4.92 Å². The minimum atomic E-state index is -0.439. The maximum atomic E-state index is 12.0. The Labute approximate surface area is 117 Å². The highest BCUT2D eigenvalue weighted by Crippen LogP contribution is 2.19. The molecule has 1 aliphatic heterocycles. The van der Waals surface area contributed by atoms with Gasteiger partial charge in [0.15, 0.2) is 0 Å². The molecule has 0 radical (unpaired) electrons. The normalized spacial score (nSPS) is 15.2. The SMILES string of the molecule is CC(C(=O)NC(C)c1cccc([N+](=O)[O-])c1)=C1CNC1. The summed E-state index contributed by atoms with van der Waals surface area (Å²) in [5, 5.41) is 16.7. The summed E-state index contributed by atoms with van der Waals surface area (Å²) in [6, 6.07) is 6.04. The van der Waals surface area contributed by atoms with Gasteiger partial charge < -0.3 is 10.6 Å². The van der Waals surface area contributed by atoms with Gasteiger partial charge in [0.1, 0.15) is 0 Å². The Balaban J connectivity index is 2.08. The molecule has 6 heteroatoms. The Bertz CT molecular complexity index is 575. The Hall–Kier alpha value is -2.21. The van der Waals surface area contributed by atoms with Gasteiger partial charge in [-0.05, 0) is 25.0 Å². The van der Waals surface area contributed by atoms with Crippen molar-refractivity contribution in [1.82, 2.24) is 10.6 Å². The highest BCUT2D eigenvalue weighted by molar-refractivity contribution is 5.94. The van der Waals surface area contributed by atoms with E-state index in [4.69, 9.17) is 0 Å². The van der Waals surface area contributed by atoms with Crippen molar-refractivity contribution in [1.29, 1.82) is 0 Å². The number of nitrogens with zero attached hydrogens (tertiary/aromatic N) is 1. The first-order valence-electron chi connectivity index (χ1n) is 6.43. The first-order chi connectivity index (χ1) is 9.49. The minimum Gasteiger partial charge on any atom is -0.346 e. The van der Waals surface area contributed by atoms with Crippen LogP contribution in [0.2, 0.25) is 0 Å². The van der Waals surface area contributed by atoms with Crippen LogP contribution >= 0.6 is 0 Å². The van der Waals surface area contributed by atoms with E-state index in [1.165, 1.54) is 12.1 Å². The van der Waals surface area contributed by atoms with E-state index in [-0.39, 0.29) is 17.6 Å². The van der Waals surface area contributed by atoms with E-state index in [2.05, 4.69) is 10.6 Å². The van der Waals surface area contributed by atoms with Crippen molar-refractivity contribution in [2.45, 2.75) is 19.9 Å². The molecule has 1 aliphatic rings. The number of benzene rings is 1. The molecule has 106 valence electrons. The molecule has 0 bridgehead atoms. The number of non-ortho nitro benzene ring substituents is 1. The van der Waals surface area contributed by atoms with E-state index in [0.29, 0.717) is 0 Å². The lowest BCUT2D eigenvalue weighted by Crippen LogP contribution is -2.38. The topological polar surface area (TPSA) is 84.3 Å². The van der Waals surface area contributed by atoms with Gasteiger partial charge in [0, 0.05) is 30.8 Å². The van der Waals surface area contributed by atoms with Crippen LogP contribution in [0.25, 0.3) is 0 Å². The fraction of sp³-hybridized carbons (Fsp3) is 0.357. The second kappa shape index (κ2) is 5.83. The molecule has 1 aromatic rings. The van der Waals surface area contributed by atoms with Gasteiger partial charge in [-0.1, -0.05) is 12.1 Å². The number of amides is 1. The Morgan fingerprint density at radius 2 is 2.15 bits per heavy atom. The molecule has 2 N–H and O–H groups in total. The van der Waals surface area contributed by atoms with Crippen LogP contribution in [0.5, 0.6) is 0 Å². The third kappa shape index (κ3) is 3.03. The van der Waals surface area contributed by atoms with Gasteiger partial charge in [0.05, 0.1) is 11.0 Å². The molecule has 6 nitrogen and oxygen atoms in total. The molecule has 1 saturated heterocycles. The van der Waals surface area contributed by atoms with Gasteiger partial charge in [-0.2, -0.15) is 0 Å². The number of nitro benzene ring substituents is 1. The molecular formula is C14H17N3O3. The predicted molar refractivity (Wildman–Crippen MR) is 75.2 cm³/mol. The molecule has 0 saturated carbocycles.